The molecule has 6 aromatic rings. The van der Waals surface area contributed by atoms with Crippen molar-refractivity contribution in [2.45, 2.75) is 0 Å². The Morgan fingerprint density at radius 3 is 1.43 bits per heavy atom. The topological polar surface area (TPSA) is 38.7 Å². The molecule has 0 heterocycles. The molecular weight excluding hydrogens is 535 g/mol. The molecule has 6 rings (SSSR count). The van der Waals surface area contributed by atoms with Crippen molar-refractivity contribution in [1.29, 1.82) is 0 Å². The zero-order chi connectivity index (χ0) is 28.9. The summed E-state index contributed by atoms with van der Waals surface area (Å²) in [6, 6.07) is 47.4. The number of benzene rings is 6. The second kappa shape index (κ2) is 12.3. The van der Waals surface area contributed by atoms with Gasteiger partial charge in [0.1, 0.15) is 17.2 Å². The van der Waals surface area contributed by atoms with Gasteiger partial charge in [-0.3, -0.25) is 0 Å². The van der Waals surface area contributed by atoms with Crippen molar-refractivity contribution in [2.75, 3.05) is 14.2 Å². The lowest BCUT2D eigenvalue weighted by Gasteiger charge is -2.23. The molecule has 0 saturated carbocycles. The van der Waals surface area contributed by atoms with Crippen molar-refractivity contribution in [1.82, 2.24) is 0 Å². The second-order valence-electron chi connectivity index (χ2n) is 9.87. The molecule has 0 saturated heterocycles. The molecule has 206 valence electrons. The lowest BCUT2D eigenvalue weighted by molar-refractivity contribution is 0.397. The van der Waals surface area contributed by atoms with Crippen LogP contribution in [0.2, 0.25) is 0 Å². The average molecular weight is 567 g/mol. The largest absolute Gasteiger partial charge is 0.507 e. The van der Waals surface area contributed by atoms with Crippen LogP contribution in [0.25, 0.3) is 44.5 Å². The van der Waals surface area contributed by atoms with Gasteiger partial charge in [0.05, 0.1) is 19.8 Å². The number of phenols is 1. The number of methoxy groups -OCH3 is 2. The minimum atomic E-state index is 0.167. The van der Waals surface area contributed by atoms with E-state index in [-0.39, 0.29) is 14.3 Å². The summed E-state index contributed by atoms with van der Waals surface area (Å²) in [5.41, 5.74) is 8.70. The van der Waals surface area contributed by atoms with E-state index in [9.17, 15) is 5.11 Å². The number of para-hydroxylation sites is 1. The van der Waals surface area contributed by atoms with Crippen molar-refractivity contribution in [2.24, 2.45) is 0 Å². The fourth-order valence-electron chi connectivity index (χ4n) is 5.49. The van der Waals surface area contributed by atoms with Gasteiger partial charge in [-0.1, -0.05) is 130 Å². The summed E-state index contributed by atoms with van der Waals surface area (Å²) in [6.07, 6.45) is 0. The SMILES string of the molecule is COc1cccc(OC)c1-c1cccc(-c2c(-c3ccccc3)cccc2-c2ccccc2)c1Pc1ccccc1O. The highest BCUT2D eigenvalue weighted by Gasteiger charge is 2.23. The highest BCUT2D eigenvalue weighted by atomic mass is 31.1. The minimum absolute atomic E-state index is 0.167. The number of phenolic OH excluding ortho intramolecular Hbond substituents is 1. The van der Waals surface area contributed by atoms with Gasteiger partial charge in [-0.05, 0) is 62.4 Å². The summed E-state index contributed by atoms with van der Waals surface area (Å²) in [5, 5.41) is 12.9. The molecule has 6 aromatic carbocycles. The number of rotatable bonds is 8. The van der Waals surface area contributed by atoms with Crippen LogP contribution >= 0.6 is 8.58 Å². The summed E-state index contributed by atoms with van der Waals surface area (Å²) >= 11 is 0. The van der Waals surface area contributed by atoms with Gasteiger partial charge in [-0.25, -0.2) is 0 Å². The molecule has 0 aromatic heterocycles. The van der Waals surface area contributed by atoms with Gasteiger partial charge in [-0.15, -0.1) is 0 Å². The Labute approximate surface area is 248 Å². The first-order valence-corrected chi connectivity index (χ1v) is 14.8. The van der Waals surface area contributed by atoms with Crippen LogP contribution in [0.15, 0.2) is 140 Å². The maximum atomic E-state index is 10.9. The molecule has 0 aliphatic heterocycles. The molecule has 4 heteroatoms. The Bertz CT molecular complexity index is 1750. The summed E-state index contributed by atoms with van der Waals surface area (Å²) in [6.45, 7) is 0. The predicted octanol–water partition coefficient (Wildman–Crippen LogP) is 8.71. The summed E-state index contributed by atoms with van der Waals surface area (Å²) in [5.74, 6) is 1.74. The molecule has 0 aliphatic rings. The van der Waals surface area contributed by atoms with Gasteiger partial charge in [0.2, 0.25) is 0 Å². The average Bonchev–Trinajstić information content (AvgIpc) is 3.06. The van der Waals surface area contributed by atoms with Crippen LogP contribution in [-0.2, 0) is 0 Å². The third-order valence-electron chi connectivity index (χ3n) is 7.43. The highest BCUT2D eigenvalue weighted by molar-refractivity contribution is 7.56. The third-order valence-corrected chi connectivity index (χ3v) is 8.91. The van der Waals surface area contributed by atoms with Crippen LogP contribution in [0, 0.1) is 0 Å². The maximum Gasteiger partial charge on any atom is 0.130 e. The van der Waals surface area contributed by atoms with E-state index in [0.717, 1.165) is 66.6 Å². The first-order chi connectivity index (χ1) is 20.7. The van der Waals surface area contributed by atoms with Crippen molar-refractivity contribution < 1.29 is 14.6 Å². The van der Waals surface area contributed by atoms with E-state index >= 15 is 0 Å². The van der Waals surface area contributed by atoms with Crippen LogP contribution in [-0.4, -0.2) is 19.3 Å². The summed E-state index contributed by atoms with van der Waals surface area (Å²) in [7, 11) is 3.54. The smallest absolute Gasteiger partial charge is 0.130 e. The molecule has 0 spiro atoms. The molecule has 3 nitrogen and oxygen atoms in total. The zero-order valence-electron chi connectivity index (χ0n) is 23.5. The Balaban J connectivity index is 1.72. The molecule has 0 bridgehead atoms. The quantitative estimate of drug-likeness (QED) is 0.187. The van der Waals surface area contributed by atoms with E-state index < -0.39 is 0 Å². The van der Waals surface area contributed by atoms with E-state index in [0.29, 0.717) is 0 Å². The Morgan fingerprint density at radius 1 is 0.452 bits per heavy atom. The van der Waals surface area contributed by atoms with Crippen LogP contribution < -0.4 is 20.1 Å². The molecule has 1 N–H and O–H groups in total. The van der Waals surface area contributed by atoms with Gasteiger partial charge >= 0.3 is 0 Å². The van der Waals surface area contributed by atoms with Crippen LogP contribution in [0.1, 0.15) is 0 Å². The van der Waals surface area contributed by atoms with Crippen LogP contribution in [0.5, 0.6) is 17.2 Å². The molecule has 0 amide bonds. The molecule has 0 radical (unpaired) electrons. The monoisotopic (exact) mass is 566 g/mol. The molecule has 0 aliphatic carbocycles. The van der Waals surface area contributed by atoms with Crippen LogP contribution in [0.4, 0.5) is 0 Å². The van der Waals surface area contributed by atoms with Crippen LogP contribution in [0.3, 0.4) is 0 Å². The molecule has 1 unspecified atom stereocenters. The third kappa shape index (κ3) is 5.28. The van der Waals surface area contributed by atoms with E-state index in [1.807, 2.05) is 48.5 Å². The minimum Gasteiger partial charge on any atom is -0.507 e. The van der Waals surface area contributed by atoms with Crippen molar-refractivity contribution in [3.8, 4) is 61.8 Å². The molecule has 42 heavy (non-hydrogen) atoms. The van der Waals surface area contributed by atoms with E-state index in [1.165, 1.54) is 0 Å². The van der Waals surface area contributed by atoms with Crippen molar-refractivity contribution >= 4 is 19.2 Å². The van der Waals surface area contributed by atoms with Gasteiger partial charge in [0, 0.05) is 5.30 Å². The van der Waals surface area contributed by atoms with E-state index in [2.05, 4.69) is 84.9 Å². The zero-order valence-corrected chi connectivity index (χ0v) is 24.5. The summed E-state index contributed by atoms with van der Waals surface area (Å²) in [4.78, 5) is 0. The first-order valence-electron chi connectivity index (χ1n) is 13.8. The lowest BCUT2D eigenvalue weighted by atomic mass is 9.86. The molecular formula is C38H31O3P. The fraction of sp³-hybridized carbons (Fsp3) is 0.0526. The number of aromatic hydroxyl groups is 1. The van der Waals surface area contributed by atoms with E-state index in [4.69, 9.17) is 9.47 Å². The predicted molar refractivity (Wildman–Crippen MR) is 177 cm³/mol. The Kier molecular flexibility index (Phi) is 8.03. The van der Waals surface area contributed by atoms with Gasteiger partial charge in [0.15, 0.2) is 0 Å². The molecule has 1 atom stereocenters. The number of ether oxygens (including phenoxy) is 2. The standard InChI is InChI=1S/C38H31O3P/c1-40-33-23-13-24-34(41-2)37(33)31-21-12-20-30(38(31)42-35-25-10-9-22-32(35)39)36-28(26-14-5-3-6-15-26)18-11-19-29(36)27-16-7-4-8-17-27/h3-25,39,42H,1-2H3. The Morgan fingerprint density at radius 2 is 0.905 bits per heavy atom. The first kappa shape index (κ1) is 27.3. The number of hydrogen-bond donors (Lipinski definition) is 1. The van der Waals surface area contributed by atoms with Crippen molar-refractivity contribution in [3.05, 3.63) is 140 Å². The van der Waals surface area contributed by atoms with Crippen molar-refractivity contribution in [3.63, 3.8) is 0 Å². The fourth-order valence-corrected chi connectivity index (χ4v) is 6.84. The maximum absolute atomic E-state index is 10.9. The van der Waals surface area contributed by atoms with E-state index in [1.54, 1.807) is 20.3 Å². The lowest BCUT2D eigenvalue weighted by Crippen LogP contribution is -2.12. The van der Waals surface area contributed by atoms with Gasteiger partial charge in [0.25, 0.3) is 0 Å². The van der Waals surface area contributed by atoms with Gasteiger partial charge < -0.3 is 14.6 Å². The number of hydrogen-bond acceptors (Lipinski definition) is 3. The molecule has 0 fully saturated rings. The summed E-state index contributed by atoms with van der Waals surface area (Å²) < 4.78 is 11.8. The Hall–Kier alpha value is -4.85. The highest BCUT2D eigenvalue weighted by Crippen LogP contribution is 2.45. The normalized spacial score (nSPS) is 11.1. The van der Waals surface area contributed by atoms with Gasteiger partial charge in [-0.2, -0.15) is 0 Å². The second-order valence-corrected chi connectivity index (χ2v) is 11.2.